The Hall–Kier alpha value is -1.46. The van der Waals surface area contributed by atoms with Gasteiger partial charge in [-0.1, -0.05) is 17.2 Å². The van der Waals surface area contributed by atoms with E-state index in [0.717, 1.165) is 0 Å². The highest BCUT2D eigenvalue weighted by Gasteiger charge is 2.02. The second kappa shape index (κ2) is 2.90. The summed E-state index contributed by atoms with van der Waals surface area (Å²) in [4.78, 5) is 14.0. The van der Waals surface area contributed by atoms with Crippen molar-refractivity contribution >= 4 is 11.9 Å². The lowest BCUT2D eigenvalue weighted by atomic mass is 10.5. The van der Waals surface area contributed by atoms with Crippen LogP contribution in [-0.2, 0) is 4.79 Å². The van der Waals surface area contributed by atoms with E-state index in [-0.39, 0.29) is 11.9 Å². The van der Waals surface area contributed by atoms with Crippen LogP contribution in [0.25, 0.3) is 0 Å². The van der Waals surface area contributed by atoms with Crippen molar-refractivity contribution in [2.24, 2.45) is 25.7 Å². The molecule has 0 saturated carbocycles. The largest absolute Gasteiger partial charge is 0.294 e. The molecule has 0 atom stereocenters. The molecular weight excluding hydrogens is 134 g/mol. The number of carbonyl (C=O) groups is 1. The Morgan fingerprint density at radius 3 is 2.60 bits per heavy atom. The average Bonchev–Trinajstić information content (AvgIpc) is 2.40. The molecule has 0 aromatic carbocycles. The summed E-state index contributed by atoms with van der Waals surface area (Å²) in [7, 11) is 0. The summed E-state index contributed by atoms with van der Waals surface area (Å²) in [6.07, 6.45) is 0.342. The smallest absolute Gasteiger partial charge is 0.273 e. The lowest BCUT2D eigenvalue weighted by Crippen LogP contribution is -1.93. The van der Waals surface area contributed by atoms with Gasteiger partial charge in [0.1, 0.15) is 0 Å². The molecule has 6 heteroatoms. The van der Waals surface area contributed by atoms with E-state index in [4.69, 9.17) is 0 Å². The van der Waals surface area contributed by atoms with Crippen molar-refractivity contribution < 1.29 is 4.79 Å². The molecule has 0 aliphatic carbocycles. The van der Waals surface area contributed by atoms with Crippen molar-refractivity contribution in [2.75, 3.05) is 0 Å². The molecule has 1 aliphatic heterocycles. The van der Waals surface area contributed by atoms with Gasteiger partial charge < -0.3 is 0 Å². The summed E-state index contributed by atoms with van der Waals surface area (Å²) in [5.74, 6) is -0.235. The van der Waals surface area contributed by atoms with E-state index in [9.17, 15) is 4.79 Å². The Morgan fingerprint density at radius 2 is 2.10 bits per heavy atom. The van der Waals surface area contributed by atoms with Crippen LogP contribution in [0.15, 0.2) is 25.7 Å². The first kappa shape index (κ1) is 6.66. The second-order valence-electron chi connectivity index (χ2n) is 1.54. The molecule has 0 aromatic heterocycles. The predicted molar refractivity (Wildman–Crippen MR) is 32.4 cm³/mol. The lowest BCUT2D eigenvalue weighted by Gasteiger charge is -1.82. The maximum absolute atomic E-state index is 10.6. The van der Waals surface area contributed by atoms with Gasteiger partial charge in [-0.3, -0.25) is 4.79 Å². The minimum atomic E-state index is -0.269. The quantitative estimate of drug-likeness (QED) is 0.535. The Bertz CT molecular complexity index is 214. The summed E-state index contributed by atoms with van der Waals surface area (Å²) in [5, 5.41) is 13.0. The Balaban J connectivity index is 2.63. The first-order valence-electron chi connectivity index (χ1n) is 2.76. The van der Waals surface area contributed by atoms with Gasteiger partial charge in [-0.25, -0.2) is 0 Å². The lowest BCUT2D eigenvalue weighted by molar-refractivity contribution is -0.117. The zero-order valence-corrected chi connectivity index (χ0v) is 5.35. The molecule has 0 unspecified atom stereocenters. The SMILES string of the molecule is CCC(=O)N=C1N=NN=N1. The molecule has 1 aliphatic rings. The van der Waals surface area contributed by atoms with E-state index in [1.807, 2.05) is 0 Å². The van der Waals surface area contributed by atoms with Gasteiger partial charge in [-0.15, -0.1) is 0 Å². The fourth-order valence-corrected chi connectivity index (χ4v) is 0.375. The van der Waals surface area contributed by atoms with Crippen molar-refractivity contribution in [1.29, 1.82) is 0 Å². The monoisotopic (exact) mass is 139 g/mol. The normalized spacial score (nSPS) is 14.3. The highest BCUT2D eigenvalue weighted by molar-refractivity contribution is 5.93. The fraction of sp³-hybridized carbons (Fsp3) is 0.500. The number of hydrogen-bond acceptors (Lipinski definition) is 3. The van der Waals surface area contributed by atoms with Gasteiger partial charge in [-0.2, -0.15) is 4.99 Å². The van der Waals surface area contributed by atoms with Crippen LogP contribution in [0.4, 0.5) is 0 Å². The first-order valence-corrected chi connectivity index (χ1v) is 2.76. The standard InChI is InChI=1S/C4H5N5O/c1-2-3(10)5-4-6-8-9-7-4/h2H2,1H3. The third kappa shape index (κ3) is 1.51. The number of aliphatic imine (C=N–C) groups is 1. The number of hydrogen-bond donors (Lipinski definition) is 0. The van der Waals surface area contributed by atoms with Crippen molar-refractivity contribution in [2.45, 2.75) is 13.3 Å². The molecule has 0 N–H and O–H groups in total. The molecule has 0 radical (unpaired) electrons. The zero-order valence-electron chi connectivity index (χ0n) is 5.35. The number of amides is 1. The molecule has 1 heterocycles. The van der Waals surface area contributed by atoms with Gasteiger partial charge in [0, 0.05) is 6.42 Å². The minimum absolute atomic E-state index is 0.0341. The van der Waals surface area contributed by atoms with Crippen LogP contribution in [-0.4, -0.2) is 11.9 Å². The van der Waals surface area contributed by atoms with Crippen LogP contribution in [0.3, 0.4) is 0 Å². The summed E-state index contributed by atoms with van der Waals surface area (Å²) < 4.78 is 0. The molecule has 0 bridgehead atoms. The van der Waals surface area contributed by atoms with Crippen LogP contribution in [0.5, 0.6) is 0 Å². The summed E-state index contributed by atoms with van der Waals surface area (Å²) in [6, 6.07) is 0. The maximum Gasteiger partial charge on any atom is 0.294 e. The van der Waals surface area contributed by atoms with Crippen molar-refractivity contribution in [3.8, 4) is 0 Å². The van der Waals surface area contributed by atoms with Crippen LogP contribution in [0, 0.1) is 0 Å². The van der Waals surface area contributed by atoms with Crippen LogP contribution in [0.1, 0.15) is 13.3 Å². The molecule has 0 fully saturated rings. The second-order valence-corrected chi connectivity index (χ2v) is 1.54. The predicted octanol–water partition coefficient (Wildman–Crippen LogP) is 1.11. The molecule has 0 spiro atoms. The van der Waals surface area contributed by atoms with E-state index in [0.29, 0.717) is 6.42 Å². The van der Waals surface area contributed by atoms with E-state index >= 15 is 0 Å². The third-order valence-corrected chi connectivity index (χ3v) is 0.835. The van der Waals surface area contributed by atoms with Gasteiger partial charge in [0.2, 0.25) is 5.91 Å². The molecule has 0 aromatic rings. The molecule has 1 rings (SSSR count). The van der Waals surface area contributed by atoms with Gasteiger partial charge in [-0.05, 0) is 10.4 Å². The van der Waals surface area contributed by atoms with Gasteiger partial charge in [0.15, 0.2) is 0 Å². The molecule has 52 valence electrons. The fourth-order valence-electron chi connectivity index (χ4n) is 0.375. The highest BCUT2D eigenvalue weighted by Crippen LogP contribution is 1.98. The van der Waals surface area contributed by atoms with Crippen LogP contribution >= 0.6 is 0 Å². The van der Waals surface area contributed by atoms with Crippen LogP contribution < -0.4 is 0 Å². The molecule has 0 saturated heterocycles. The molecule has 1 amide bonds. The minimum Gasteiger partial charge on any atom is -0.273 e. The van der Waals surface area contributed by atoms with Crippen molar-refractivity contribution in [3.63, 3.8) is 0 Å². The Kier molecular flexibility index (Phi) is 1.93. The van der Waals surface area contributed by atoms with Crippen molar-refractivity contribution in [1.82, 2.24) is 0 Å². The number of rotatable bonds is 1. The van der Waals surface area contributed by atoms with Gasteiger partial charge >= 0.3 is 0 Å². The molecular formula is C4H5N5O. The maximum atomic E-state index is 10.6. The summed E-state index contributed by atoms with van der Waals surface area (Å²) in [6.45, 7) is 1.70. The Labute approximate surface area is 56.7 Å². The number of carbonyl (C=O) groups excluding carboxylic acids is 1. The first-order chi connectivity index (χ1) is 4.83. The number of guanidine groups is 1. The highest BCUT2D eigenvalue weighted by atomic mass is 16.1. The average molecular weight is 139 g/mol. The van der Waals surface area contributed by atoms with E-state index in [2.05, 4.69) is 25.7 Å². The zero-order chi connectivity index (χ0) is 7.40. The topological polar surface area (TPSA) is 78.9 Å². The summed E-state index contributed by atoms with van der Waals surface area (Å²) in [5.41, 5.74) is 0. The van der Waals surface area contributed by atoms with Gasteiger partial charge in [0.05, 0.1) is 0 Å². The third-order valence-electron chi connectivity index (χ3n) is 0.835. The summed E-state index contributed by atoms with van der Waals surface area (Å²) >= 11 is 0. The van der Waals surface area contributed by atoms with E-state index < -0.39 is 0 Å². The van der Waals surface area contributed by atoms with Crippen molar-refractivity contribution in [3.05, 3.63) is 0 Å². The van der Waals surface area contributed by atoms with Gasteiger partial charge in [0.25, 0.3) is 5.96 Å². The molecule has 10 heavy (non-hydrogen) atoms. The Morgan fingerprint density at radius 1 is 1.50 bits per heavy atom. The molecule has 6 nitrogen and oxygen atoms in total. The van der Waals surface area contributed by atoms with Crippen LogP contribution in [0.2, 0.25) is 0 Å². The van der Waals surface area contributed by atoms with E-state index in [1.54, 1.807) is 6.92 Å². The van der Waals surface area contributed by atoms with E-state index in [1.165, 1.54) is 0 Å². The number of nitrogens with zero attached hydrogens (tertiary/aromatic N) is 5.